The van der Waals surface area contributed by atoms with Gasteiger partial charge in [0.1, 0.15) is 17.6 Å². The minimum atomic E-state index is -0.761. The van der Waals surface area contributed by atoms with Gasteiger partial charge in [-0.3, -0.25) is 29.1 Å². The highest BCUT2D eigenvalue weighted by atomic mass is 32.2. The van der Waals surface area contributed by atoms with Crippen LogP contribution in [0.15, 0.2) is 52.3 Å². The third-order valence-electron chi connectivity index (χ3n) is 6.08. The molecule has 3 atom stereocenters. The van der Waals surface area contributed by atoms with Crippen LogP contribution < -0.4 is 25.0 Å². The summed E-state index contributed by atoms with van der Waals surface area (Å²) in [4.78, 5) is 51.4. The number of anilines is 1. The Balaban J connectivity index is 1.55. The fourth-order valence-corrected chi connectivity index (χ4v) is 7.20. The van der Waals surface area contributed by atoms with Crippen molar-refractivity contribution in [2.24, 2.45) is 5.92 Å². The average molecular weight is 530 g/mol. The number of methoxy groups -OCH3 is 2. The number of nitrogens with zero attached hydrogens (tertiary/aromatic N) is 1. The first kappa shape index (κ1) is 24.1. The molecule has 5 rings (SSSR count). The van der Waals surface area contributed by atoms with Crippen molar-refractivity contribution in [1.29, 1.82) is 0 Å². The molecule has 1 aromatic heterocycles. The van der Waals surface area contributed by atoms with Crippen molar-refractivity contribution in [2.45, 2.75) is 22.7 Å². The van der Waals surface area contributed by atoms with Crippen LogP contribution in [0.1, 0.15) is 16.4 Å². The lowest BCUT2D eigenvalue weighted by Gasteiger charge is -2.31. The van der Waals surface area contributed by atoms with E-state index in [1.54, 1.807) is 18.2 Å². The number of aromatic nitrogens is 1. The normalized spacial score (nSPS) is 20.4. The second-order valence-corrected chi connectivity index (χ2v) is 10.3. The van der Waals surface area contributed by atoms with E-state index in [1.165, 1.54) is 43.1 Å². The Morgan fingerprint density at radius 3 is 2.47 bits per heavy atom. The van der Waals surface area contributed by atoms with Crippen molar-refractivity contribution in [2.75, 3.05) is 19.5 Å². The highest BCUT2D eigenvalue weighted by molar-refractivity contribution is 8.00. The lowest BCUT2D eigenvalue weighted by Crippen LogP contribution is -2.32. The summed E-state index contributed by atoms with van der Waals surface area (Å²) in [5, 5.41) is 4.74. The van der Waals surface area contributed by atoms with Crippen LogP contribution in [0.4, 0.5) is 10.1 Å². The molecule has 0 saturated carbocycles. The largest absolute Gasteiger partial charge is 0.493 e. The van der Waals surface area contributed by atoms with E-state index in [4.69, 9.17) is 9.47 Å². The molecule has 2 aliphatic rings. The molecule has 0 spiro atoms. The molecule has 2 aromatic carbocycles. The quantitative estimate of drug-likeness (QED) is 0.472. The number of hydrogen-bond acceptors (Lipinski definition) is 8. The first-order valence-electron chi connectivity index (χ1n) is 10.8. The number of benzene rings is 2. The zero-order valence-electron chi connectivity index (χ0n) is 19.1. The number of thiazole rings is 1. The fraction of sp³-hybridized carbons (Fsp3) is 0.250. The first-order valence-corrected chi connectivity index (χ1v) is 12.5. The molecule has 1 fully saturated rings. The van der Waals surface area contributed by atoms with Crippen LogP contribution in [0.25, 0.3) is 0 Å². The predicted octanol–water partition coefficient (Wildman–Crippen LogP) is 2.58. The van der Waals surface area contributed by atoms with Crippen LogP contribution >= 0.6 is 23.1 Å². The summed E-state index contributed by atoms with van der Waals surface area (Å²) in [5.41, 5.74) is 1.06. The molecular weight excluding hydrogens is 509 g/mol. The zero-order valence-corrected chi connectivity index (χ0v) is 20.7. The molecule has 12 heteroatoms. The van der Waals surface area contributed by atoms with Crippen LogP contribution in [0, 0.1) is 11.7 Å². The van der Waals surface area contributed by atoms with Gasteiger partial charge in [-0.25, -0.2) is 4.39 Å². The van der Waals surface area contributed by atoms with Crippen molar-refractivity contribution >= 4 is 46.5 Å². The number of hydrogen-bond donors (Lipinski definition) is 2. The Kier molecular flexibility index (Phi) is 6.31. The van der Waals surface area contributed by atoms with Crippen LogP contribution in [0.5, 0.6) is 11.5 Å². The highest BCUT2D eigenvalue weighted by Gasteiger charge is 2.53. The van der Waals surface area contributed by atoms with Crippen LogP contribution in [0.2, 0.25) is 0 Å². The van der Waals surface area contributed by atoms with E-state index in [-0.39, 0.29) is 11.4 Å². The third-order valence-corrected chi connectivity index (χ3v) is 8.70. The number of halogens is 1. The second kappa shape index (κ2) is 9.43. The molecule has 0 bridgehead atoms. The zero-order chi connectivity index (χ0) is 25.6. The second-order valence-electron chi connectivity index (χ2n) is 8.19. The van der Waals surface area contributed by atoms with E-state index in [9.17, 15) is 23.6 Å². The van der Waals surface area contributed by atoms with Gasteiger partial charge >= 0.3 is 4.87 Å². The molecule has 0 aliphatic carbocycles. The maximum atomic E-state index is 13.2. The molecule has 2 N–H and O–H groups in total. The van der Waals surface area contributed by atoms with Crippen molar-refractivity contribution in [3.63, 3.8) is 0 Å². The Hall–Kier alpha value is -3.64. The standard InChI is InChI=1S/C24H20FN3O6S2/c1-33-14-8-3-11(9-15(14)34-2)17-18-19(22(31)27-21(18)30)35-23-20(17)36-24(32)28(23)10-16(29)26-13-6-4-12(25)5-7-13/h3-9,17-19H,10H2,1-2H3,(H,26,29)(H,27,30,31)/t17-,18+,19-/m0/s1. The van der Waals surface area contributed by atoms with Gasteiger partial charge in [0.05, 0.1) is 25.2 Å². The fourth-order valence-electron chi connectivity index (χ4n) is 4.46. The van der Waals surface area contributed by atoms with Crippen molar-refractivity contribution in [3.05, 3.63) is 68.4 Å². The van der Waals surface area contributed by atoms with Gasteiger partial charge in [-0.1, -0.05) is 29.2 Å². The summed E-state index contributed by atoms with van der Waals surface area (Å²) in [7, 11) is 3.00. The lowest BCUT2D eigenvalue weighted by molar-refractivity contribution is -0.126. The first-order chi connectivity index (χ1) is 17.3. The summed E-state index contributed by atoms with van der Waals surface area (Å²) in [5.74, 6) is -2.16. The molecule has 3 aromatic rings. The highest BCUT2D eigenvalue weighted by Crippen LogP contribution is 2.52. The van der Waals surface area contributed by atoms with E-state index in [0.717, 1.165) is 23.1 Å². The molecule has 186 valence electrons. The number of amides is 3. The maximum Gasteiger partial charge on any atom is 0.308 e. The van der Waals surface area contributed by atoms with Crippen LogP contribution in [-0.2, 0) is 20.9 Å². The molecule has 1 saturated heterocycles. The van der Waals surface area contributed by atoms with Crippen LogP contribution in [-0.4, -0.2) is 41.8 Å². The van der Waals surface area contributed by atoms with Gasteiger partial charge in [0.25, 0.3) is 0 Å². The average Bonchev–Trinajstić information content (AvgIpc) is 3.33. The number of fused-ring (bicyclic) bond motifs is 2. The minimum Gasteiger partial charge on any atom is -0.493 e. The molecule has 3 amide bonds. The van der Waals surface area contributed by atoms with Gasteiger partial charge in [0.2, 0.25) is 17.7 Å². The van der Waals surface area contributed by atoms with Gasteiger partial charge in [0.15, 0.2) is 11.5 Å². The van der Waals surface area contributed by atoms with Crippen LogP contribution in [0.3, 0.4) is 0 Å². The number of carbonyl (C=O) groups is 3. The SMILES string of the molecule is COc1ccc([C@@H]2c3sc(=O)n(CC(=O)Nc4ccc(F)cc4)c3S[C@@H]3C(=O)NC(=O)[C@H]23)cc1OC. The molecule has 0 radical (unpaired) electrons. The van der Waals surface area contributed by atoms with Gasteiger partial charge < -0.3 is 14.8 Å². The summed E-state index contributed by atoms with van der Waals surface area (Å²) < 4.78 is 25.2. The Bertz CT molecular complexity index is 1430. The molecule has 0 unspecified atom stereocenters. The maximum absolute atomic E-state index is 13.2. The van der Waals surface area contributed by atoms with Gasteiger partial charge in [-0.15, -0.1) is 0 Å². The number of carbonyl (C=O) groups excluding carboxylic acids is 3. The van der Waals surface area contributed by atoms with E-state index < -0.39 is 40.6 Å². The Morgan fingerprint density at radius 2 is 1.78 bits per heavy atom. The molecule has 36 heavy (non-hydrogen) atoms. The molecule has 2 aliphatic heterocycles. The van der Waals surface area contributed by atoms with Crippen molar-refractivity contribution in [3.8, 4) is 11.5 Å². The molecule has 9 nitrogen and oxygen atoms in total. The monoisotopic (exact) mass is 529 g/mol. The number of imide groups is 1. The Labute approximate surface area is 212 Å². The number of rotatable bonds is 6. The summed E-state index contributed by atoms with van der Waals surface area (Å²) in [6.45, 7) is -0.305. The number of ether oxygens (including phenoxy) is 2. The minimum absolute atomic E-state index is 0.305. The van der Waals surface area contributed by atoms with Gasteiger partial charge in [-0.05, 0) is 42.0 Å². The lowest BCUT2D eigenvalue weighted by atomic mass is 9.83. The summed E-state index contributed by atoms with van der Waals surface area (Å²) >= 11 is 2.05. The molecule has 3 heterocycles. The van der Waals surface area contributed by atoms with E-state index in [2.05, 4.69) is 10.6 Å². The number of nitrogens with one attached hydrogen (secondary N) is 2. The molecular formula is C24H20FN3O6S2. The summed E-state index contributed by atoms with van der Waals surface area (Å²) in [6, 6.07) is 10.5. The van der Waals surface area contributed by atoms with Crippen molar-refractivity contribution < 1.29 is 28.2 Å². The third kappa shape index (κ3) is 4.16. The topological polar surface area (TPSA) is 116 Å². The van der Waals surface area contributed by atoms with E-state index in [0.29, 0.717) is 32.7 Å². The van der Waals surface area contributed by atoms with Gasteiger partial charge in [0, 0.05) is 16.5 Å². The van der Waals surface area contributed by atoms with E-state index >= 15 is 0 Å². The Morgan fingerprint density at radius 1 is 1.06 bits per heavy atom. The van der Waals surface area contributed by atoms with E-state index in [1.807, 2.05) is 0 Å². The smallest absolute Gasteiger partial charge is 0.308 e. The van der Waals surface area contributed by atoms with Crippen molar-refractivity contribution in [1.82, 2.24) is 9.88 Å². The number of thioether (sulfide) groups is 1. The summed E-state index contributed by atoms with van der Waals surface area (Å²) in [6.07, 6.45) is 0. The predicted molar refractivity (Wildman–Crippen MR) is 131 cm³/mol. The van der Waals surface area contributed by atoms with Gasteiger partial charge in [-0.2, -0.15) is 0 Å².